The summed E-state index contributed by atoms with van der Waals surface area (Å²) in [7, 11) is 0. The van der Waals surface area contributed by atoms with Crippen molar-refractivity contribution in [2.24, 2.45) is 5.73 Å². The first-order chi connectivity index (χ1) is 7.22. The molecule has 0 bridgehead atoms. The van der Waals surface area contributed by atoms with Gasteiger partial charge in [0.25, 0.3) is 5.56 Å². The molecule has 0 radical (unpaired) electrons. The molecule has 4 nitrogen and oxygen atoms in total. The van der Waals surface area contributed by atoms with Gasteiger partial charge in [-0.1, -0.05) is 6.58 Å². The molecule has 5 heteroatoms. The van der Waals surface area contributed by atoms with Crippen LogP contribution in [0.3, 0.4) is 0 Å². The molecule has 0 saturated carbocycles. The molecule has 0 spiro atoms. The molecule has 2 aromatic heterocycles. The van der Waals surface area contributed by atoms with Crippen molar-refractivity contribution >= 4 is 21.6 Å². The molecule has 0 aliphatic rings. The van der Waals surface area contributed by atoms with Gasteiger partial charge in [0.15, 0.2) is 0 Å². The molecule has 0 aliphatic heterocycles. The number of nitrogens with two attached hydrogens (primary N) is 1. The molecule has 0 atom stereocenters. The topological polar surface area (TPSA) is 60.9 Å². The molecule has 15 heavy (non-hydrogen) atoms. The largest absolute Gasteiger partial charge is 0.327 e. The van der Waals surface area contributed by atoms with Gasteiger partial charge >= 0.3 is 0 Å². The number of thiophene rings is 1. The van der Waals surface area contributed by atoms with Crippen molar-refractivity contribution in [2.45, 2.75) is 6.54 Å². The van der Waals surface area contributed by atoms with E-state index in [2.05, 4.69) is 11.6 Å². The number of rotatable bonds is 3. The van der Waals surface area contributed by atoms with Crippen molar-refractivity contribution in [3.05, 3.63) is 40.3 Å². The zero-order chi connectivity index (χ0) is 10.8. The normalized spacial score (nSPS) is 10.7. The maximum atomic E-state index is 11.9. The van der Waals surface area contributed by atoms with Crippen LogP contribution >= 0.6 is 11.3 Å². The summed E-state index contributed by atoms with van der Waals surface area (Å²) in [4.78, 5) is 16.1. The maximum absolute atomic E-state index is 11.9. The Morgan fingerprint density at radius 1 is 1.67 bits per heavy atom. The summed E-state index contributed by atoms with van der Waals surface area (Å²) in [6.07, 6.45) is 1.54. The Balaban J connectivity index is 2.48. The van der Waals surface area contributed by atoms with Crippen LogP contribution in [0, 0.1) is 0 Å². The van der Waals surface area contributed by atoms with Gasteiger partial charge in [-0.15, -0.1) is 11.3 Å². The van der Waals surface area contributed by atoms with Gasteiger partial charge in [-0.05, 0) is 17.0 Å². The Hall–Kier alpha value is -1.46. The van der Waals surface area contributed by atoms with Crippen LogP contribution in [0.4, 0.5) is 0 Å². The molecule has 2 rings (SSSR count). The van der Waals surface area contributed by atoms with Crippen LogP contribution in [0.15, 0.2) is 34.7 Å². The van der Waals surface area contributed by atoms with E-state index in [0.29, 0.717) is 17.8 Å². The summed E-state index contributed by atoms with van der Waals surface area (Å²) in [6, 6.07) is 1.84. The standard InChI is InChI=1S/C10H11N3OS/c1-7(4-11)5-13-6-12-8-2-3-15-9(8)10(13)14/h2-3,6H,1,4-5,11H2. The molecular formula is C10H11N3OS. The minimum atomic E-state index is -0.0235. The molecule has 2 aromatic rings. The first-order valence-electron chi connectivity index (χ1n) is 4.51. The van der Waals surface area contributed by atoms with E-state index in [4.69, 9.17) is 5.73 Å². The smallest absolute Gasteiger partial charge is 0.271 e. The Morgan fingerprint density at radius 3 is 3.20 bits per heavy atom. The molecule has 2 N–H and O–H groups in total. The SMILES string of the molecule is C=C(CN)Cn1cnc2ccsc2c1=O. The second-order valence-electron chi connectivity index (χ2n) is 3.27. The summed E-state index contributed by atoms with van der Waals surface area (Å²) in [5.41, 5.74) is 6.97. The summed E-state index contributed by atoms with van der Waals surface area (Å²) >= 11 is 1.41. The van der Waals surface area contributed by atoms with Crippen LogP contribution in [-0.4, -0.2) is 16.1 Å². The average molecular weight is 221 g/mol. The fourth-order valence-electron chi connectivity index (χ4n) is 1.30. The van der Waals surface area contributed by atoms with Crippen molar-refractivity contribution in [1.29, 1.82) is 0 Å². The molecule has 0 fully saturated rings. The Morgan fingerprint density at radius 2 is 2.47 bits per heavy atom. The van der Waals surface area contributed by atoms with E-state index in [1.807, 2.05) is 11.4 Å². The predicted octanol–water partition coefficient (Wildman–Crippen LogP) is 0.973. The number of hydrogen-bond donors (Lipinski definition) is 1. The van der Waals surface area contributed by atoms with Gasteiger partial charge < -0.3 is 5.73 Å². The van der Waals surface area contributed by atoms with Gasteiger partial charge in [-0.2, -0.15) is 0 Å². The minimum Gasteiger partial charge on any atom is -0.327 e. The molecule has 0 aromatic carbocycles. The predicted molar refractivity (Wildman–Crippen MR) is 62.1 cm³/mol. The van der Waals surface area contributed by atoms with Gasteiger partial charge in [-0.25, -0.2) is 4.98 Å². The zero-order valence-electron chi connectivity index (χ0n) is 8.14. The van der Waals surface area contributed by atoms with E-state index in [1.165, 1.54) is 22.2 Å². The molecule has 0 saturated heterocycles. The van der Waals surface area contributed by atoms with E-state index >= 15 is 0 Å². The fraction of sp³-hybridized carbons (Fsp3) is 0.200. The first-order valence-corrected chi connectivity index (χ1v) is 5.39. The van der Waals surface area contributed by atoms with E-state index in [-0.39, 0.29) is 5.56 Å². The number of aromatic nitrogens is 2. The first kappa shape index (κ1) is 10.1. The highest BCUT2D eigenvalue weighted by Crippen LogP contribution is 2.13. The lowest BCUT2D eigenvalue weighted by molar-refractivity contribution is 0.728. The number of nitrogens with zero attached hydrogens (tertiary/aromatic N) is 2. The van der Waals surface area contributed by atoms with Gasteiger partial charge in [0.1, 0.15) is 4.70 Å². The summed E-state index contributed by atoms with van der Waals surface area (Å²) in [6.45, 7) is 4.59. The van der Waals surface area contributed by atoms with E-state index in [1.54, 1.807) is 0 Å². The second-order valence-corrected chi connectivity index (χ2v) is 4.18. The van der Waals surface area contributed by atoms with E-state index < -0.39 is 0 Å². The number of hydrogen-bond acceptors (Lipinski definition) is 4. The summed E-state index contributed by atoms with van der Waals surface area (Å²) in [5, 5.41) is 1.86. The van der Waals surface area contributed by atoms with Crippen LogP contribution in [0.1, 0.15) is 0 Å². The van der Waals surface area contributed by atoms with Crippen LogP contribution < -0.4 is 11.3 Å². The van der Waals surface area contributed by atoms with Crippen LogP contribution in [-0.2, 0) is 6.54 Å². The summed E-state index contributed by atoms with van der Waals surface area (Å²) in [5.74, 6) is 0. The second kappa shape index (κ2) is 3.96. The van der Waals surface area contributed by atoms with Crippen molar-refractivity contribution in [3.63, 3.8) is 0 Å². The van der Waals surface area contributed by atoms with Gasteiger partial charge in [-0.3, -0.25) is 9.36 Å². The Bertz CT molecular complexity index is 555. The van der Waals surface area contributed by atoms with Crippen LogP contribution in [0.5, 0.6) is 0 Å². The van der Waals surface area contributed by atoms with Gasteiger partial charge in [0, 0.05) is 13.1 Å². The molecule has 0 unspecified atom stereocenters. The Labute approximate surface area is 90.7 Å². The highest BCUT2D eigenvalue weighted by molar-refractivity contribution is 7.17. The lowest BCUT2D eigenvalue weighted by Gasteiger charge is -2.05. The molecular weight excluding hydrogens is 210 g/mol. The highest BCUT2D eigenvalue weighted by Gasteiger charge is 2.05. The molecule has 0 aliphatic carbocycles. The third kappa shape index (κ3) is 1.84. The van der Waals surface area contributed by atoms with Crippen molar-refractivity contribution < 1.29 is 0 Å². The quantitative estimate of drug-likeness (QED) is 0.786. The van der Waals surface area contributed by atoms with E-state index in [9.17, 15) is 4.79 Å². The number of fused-ring (bicyclic) bond motifs is 1. The molecule has 2 heterocycles. The fourth-order valence-corrected chi connectivity index (χ4v) is 2.09. The van der Waals surface area contributed by atoms with Crippen molar-refractivity contribution in [1.82, 2.24) is 9.55 Å². The summed E-state index contributed by atoms with van der Waals surface area (Å²) < 4.78 is 2.22. The maximum Gasteiger partial charge on any atom is 0.271 e. The van der Waals surface area contributed by atoms with Crippen LogP contribution in [0.2, 0.25) is 0 Å². The van der Waals surface area contributed by atoms with Crippen molar-refractivity contribution in [3.8, 4) is 0 Å². The van der Waals surface area contributed by atoms with Crippen molar-refractivity contribution in [2.75, 3.05) is 6.54 Å². The average Bonchev–Trinajstić information content (AvgIpc) is 2.70. The highest BCUT2D eigenvalue weighted by atomic mass is 32.1. The third-order valence-corrected chi connectivity index (χ3v) is 3.01. The molecule has 0 amide bonds. The zero-order valence-corrected chi connectivity index (χ0v) is 8.96. The minimum absolute atomic E-state index is 0.0235. The van der Waals surface area contributed by atoms with Gasteiger partial charge in [0.05, 0.1) is 11.8 Å². The monoisotopic (exact) mass is 221 g/mol. The van der Waals surface area contributed by atoms with E-state index in [0.717, 1.165) is 11.1 Å². The van der Waals surface area contributed by atoms with Gasteiger partial charge in [0.2, 0.25) is 0 Å². The lowest BCUT2D eigenvalue weighted by atomic mass is 10.3. The molecule has 78 valence electrons. The third-order valence-electron chi connectivity index (χ3n) is 2.12. The lowest BCUT2D eigenvalue weighted by Crippen LogP contribution is -2.22. The van der Waals surface area contributed by atoms with Crippen LogP contribution in [0.25, 0.3) is 10.2 Å². The Kier molecular flexibility index (Phi) is 2.66.